The summed E-state index contributed by atoms with van der Waals surface area (Å²) in [6, 6.07) is 20.1. The molecule has 1 fully saturated rings. The number of aromatic nitrogens is 2. The highest BCUT2D eigenvalue weighted by atomic mass is 19.1. The first-order valence-electron chi connectivity index (χ1n) is 10.8. The van der Waals surface area contributed by atoms with Crippen molar-refractivity contribution in [2.24, 2.45) is 5.73 Å². The maximum atomic E-state index is 14.3. The van der Waals surface area contributed by atoms with Crippen molar-refractivity contribution in [1.29, 1.82) is 0 Å². The molecule has 0 spiro atoms. The number of benzene rings is 2. The largest absolute Gasteiger partial charge is 0.377 e. The number of primary amides is 1. The number of terminal acetylenes is 1. The molecule has 1 aliphatic rings. The summed E-state index contributed by atoms with van der Waals surface area (Å²) >= 11 is 0. The van der Waals surface area contributed by atoms with E-state index in [-0.39, 0.29) is 11.6 Å². The Bertz CT molecular complexity index is 1280. The fraction of sp³-hybridized carbons (Fsp3) is 0.185. The number of hydrogen-bond acceptors (Lipinski definition) is 3. The molecular formula is C27H25FN4O. The number of fused-ring (bicyclic) bond motifs is 1. The van der Waals surface area contributed by atoms with Gasteiger partial charge in [0.25, 0.3) is 5.91 Å². The minimum absolute atomic E-state index is 0.274. The Morgan fingerprint density at radius 3 is 2.24 bits per heavy atom. The van der Waals surface area contributed by atoms with Gasteiger partial charge in [-0.1, -0.05) is 54.6 Å². The van der Waals surface area contributed by atoms with Crippen LogP contribution in [0.4, 0.5) is 10.1 Å². The van der Waals surface area contributed by atoms with E-state index in [1.165, 1.54) is 6.20 Å². The van der Waals surface area contributed by atoms with Crippen molar-refractivity contribution < 1.29 is 9.18 Å². The molecule has 0 saturated heterocycles. The summed E-state index contributed by atoms with van der Waals surface area (Å²) in [4.78, 5) is 12.0. The number of hydrogen-bond donors (Lipinski definition) is 2. The molecule has 3 N–H and O–H groups in total. The molecule has 166 valence electrons. The van der Waals surface area contributed by atoms with Gasteiger partial charge in [-0.15, -0.1) is 12.8 Å². The second kappa shape index (κ2) is 9.58. The number of nitrogens with two attached hydrogens (primary N) is 1. The van der Waals surface area contributed by atoms with E-state index in [2.05, 4.69) is 59.7 Å². The SMILES string of the molecule is C#C.NC(=O)c1cnn2cc(-c3ccc(-c4ccccc4)cc3)cc2c1N[C@@H]1CCC[C@@H]1F. The minimum atomic E-state index is -0.936. The molecule has 1 saturated carbocycles. The fourth-order valence-corrected chi connectivity index (χ4v) is 4.30. The van der Waals surface area contributed by atoms with Crippen LogP contribution in [-0.2, 0) is 0 Å². The molecule has 2 aromatic heterocycles. The minimum Gasteiger partial charge on any atom is -0.377 e. The first kappa shape index (κ1) is 22.1. The van der Waals surface area contributed by atoms with E-state index in [9.17, 15) is 9.18 Å². The van der Waals surface area contributed by atoms with Crippen LogP contribution >= 0.6 is 0 Å². The Kier molecular flexibility index (Phi) is 6.41. The quantitative estimate of drug-likeness (QED) is 0.413. The zero-order valence-corrected chi connectivity index (χ0v) is 18.1. The van der Waals surface area contributed by atoms with Crippen LogP contribution in [0.2, 0.25) is 0 Å². The van der Waals surface area contributed by atoms with Crippen molar-refractivity contribution in [3.63, 3.8) is 0 Å². The number of nitrogens with zero attached hydrogens (tertiary/aromatic N) is 2. The number of alkyl halides is 1. The van der Waals surface area contributed by atoms with Gasteiger partial charge < -0.3 is 11.1 Å². The van der Waals surface area contributed by atoms with E-state index < -0.39 is 12.1 Å². The highest BCUT2D eigenvalue weighted by molar-refractivity contribution is 6.02. The van der Waals surface area contributed by atoms with Gasteiger partial charge in [-0.3, -0.25) is 4.79 Å². The monoisotopic (exact) mass is 440 g/mol. The highest BCUT2D eigenvalue weighted by Crippen LogP contribution is 2.33. The van der Waals surface area contributed by atoms with Crippen LogP contribution < -0.4 is 11.1 Å². The lowest BCUT2D eigenvalue weighted by atomic mass is 10.0. The van der Waals surface area contributed by atoms with Crippen molar-refractivity contribution in [3.05, 3.63) is 78.6 Å². The lowest BCUT2D eigenvalue weighted by Crippen LogP contribution is -2.27. The second-order valence-electron chi connectivity index (χ2n) is 8.00. The highest BCUT2D eigenvalue weighted by Gasteiger charge is 2.29. The van der Waals surface area contributed by atoms with Crippen molar-refractivity contribution in [3.8, 4) is 35.1 Å². The van der Waals surface area contributed by atoms with E-state index in [1.54, 1.807) is 4.52 Å². The Labute approximate surface area is 192 Å². The molecule has 0 aliphatic heterocycles. The van der Waals surface area contributed by atoms with Gasteiger partial charge >= 0.3 is 0 Å². The van der Waals surface area contributed by atoms with Gasteiger partial charge in [0.1, 0.15) is 6.17 Å². The van der Waals surface area contributed by atoms with Gasteiger partial charge in [-0.05, 0) is 42.0 Å². The third-order valence-corrected chi connectivity index (χ3v) is 5.99. The summed E-state index contributed by atoms with van der Waals surface area (Å²) < 4.78 is 16.0. The molecule has 0 bridgehead atoms. The molecule has 33 heavy (non-hydrogen) atoms. The van der Waals surface area contributed by atoms with E-state index in [0.717, 1.165) is 35.1 Å². The number of carbonyl (C=O) groups excluding carboxylic acids is 1. The third-order valence-electron chi connectivity index (χ3n) is 5.99. The van der Waals surface area contributed by atoms with Crippen LogP contribution in [0.15, 0.2) is 73.1 Å². The summed E-state index contributed by atoms with van der Waals surface area (Å²) in [6.45, 7) is 0. The Hall–Kier alpha value is -4.11. The maximum Gasteiger partial charge on any atom is 0.252 e. The smallest absolute Gasteiger partial charge is 0.252 e. The second-order valence-corrected chi connectivity index (χ2v) is 8.00. The van der Waals surface area contributed by atoms with E-state index in [0.29, 0.717) is 17.6 Å². The van der Waals surface area contributed by atoms with Gasteiger partial charge in [0.15, 0.2) is 0 Å². The topological polar surface area (TPSA) is 72.4 Å². The predicted octanol–water partition coefficient (Wildman–Crippen LogP) is 5.32. The third kappa shape index (κ3) is 4.44. The molecule has 6 heteroatoms. The standard InChI is InChI=1S/C25H23FN4O.C2H2/c26-21-7-4-8-22(21)29-24-20(25(27)31)14-28-30-15-19(13-23(24)30)18-11-9-17(10-12-18)16-5-2-1-3-6-16;1-2/h1-3,5-6,9-15,21-22,29H,4,7-8H2,(H2,27,31);1-2H/t21-,22+;/m0./s1. The zero-order valence-electron chi connectivity index (χ0n) is 18.1. The molecule has 1 aliphatic carbocycles. The Morgan fingerprint density at radius 2 is 1.64 bits per heavy atom. The fourth-order valence-electron chi connectivity index (χ4n) is 4.30. The van der Waals surface area contributed by atoms with Crippen molar-refractivity contribution in [1.82, 2.24) is 9.61 Å². The maximum absolute atomic E-state index is 14.3. The average molecular weight is 441 g/mol. The summed E-state index contributed by atoms with van der Waals surface area (Å²) in [5.74, 6) is -0.583. The summed E-state index contributed by atoms with van der Waals surface area (Å²) in [5.41, 5.74) is 11.4. The Morgan fingerprint density at radius 1 is 1.00 bits per heavy atom. The van der Waals surface area contributed by atoms with Crippen LogP contribution in [-0.4, -0.2) is 27.7 Å². The number of amides is 1. The van der Waals surface area contributed by atoms with E-state index >= 15 is 0 Å². The summed E-state index contributed by atoms with van der Waals surface area (Å²) in [6.07, 6.45) is 12.5. The molecule has 1 amide bonds. The van der Waals surface area contributed by atoms with Crippen molar-refractivity contribution in [2.75, 3.05) is 5.32 Å². The molecule has 0 radical (unpaired) electrons. The molecule has 2 heterocycles. The van der Waals surface area contributed by atoms with Gasteiger partial charge in [0.05, 0.1) is 29.0 Å². The molecule has 5 nitrogen and oxygen atoms in total. The average Bonchev–Trinajstić information content (AvgIpc) is 3.47. The molecular weight excluding hydrogens is 415 g/mol. The van der Waals surface area contributed by atoms with Gasteiger partial charge in [0.2, 0.25) is 0 Å². The van der Waals surface area contributed by atoms with Crippen LogP contribution in [0.5, 0.6) is 0 Å². The number of halogens is 1. The lowest BCUT2D eigenvalue weighted by Gasteiger charge is -2.19. The molecule has 4 aromatic rings. The van der Waals surface area contributed by atoms with Crippen LogP contribution in [0.1, 0.15) is 29.6 Å². The van der Waals surface area contributed by atoms with Crippen molar-refractivity contribution >= 4 is 17.1 Å². The molecule has 2 atom stereocenters. The number of nitrogens with one attached hydrogen (secondary N) is 1. The number of anilines is 1. The van der Waals surface area contributed by atoms with E-state index in [1.807, 2.05) is 30.5 Å². The zero-order chi connectivity index (χ0) is 23.4. The number of carbonyl (C=O) groups is 1. The Balaban J connectivity index is 0.00000126. The molecule has 0 unspecified atom stereocenters. The predicted molar refractivity (Wildman–Crippen MR) is 131 cm³/mol. The summed E-state index contributed by atoms with van der Waals surface area (Å²) in [7, 11) is 0. The molecule has 2 aromatic carbocycles. The first-order valence-corrected chi connectivity index (χ1v) is 10.8. The van der Waals surface area contributed by atoms with Crippen LogP contribution in [0, 0.1) is 12.8 Å². The van der Waals surface area contributed by atoms with Gasteiger partial charge in [-0.2, -0.15) is 5.10 Å². The first-order chi connectivity index (χ1) is 16.1. The molecule has 5 rings (SSSR count). The van der Waals surface area contributed by atoms with E-state index in [4.69, 9.17) is 5.73 Å². The number of rotatable bonds is 5. The van der Waals surface area contributed by atoms with Crippen LogP contribution in [0.3, 0.4) is 0 Å². The van der Waals surface area contributed by atoms with Gasteiger partial charge in [0, 0.05) is 11.8 Å². The van der Waals surface area contributed by atoms with Crippen molar-refractivity contribution in [2.45, 2.75) is 31.5 Å². The lowest BCUT2D eigenvalue weighted by molar-refractivity contribution is 0.100. The van der Waals surface area contributed by atoms with Gasteiger partial charge in [-0.25, -0.2) is 8.91 Å². The van der Waals surface area contributed by atoms with Crippen LogP contribution in [0.25, 0.3) is 27.8 Å². The summed E-state index contributed by atoms with van der Waals surface area (Å²) in [5, 5.41) is 7.59. The normalized spacial score (nSPS) is 17.3.